The van der Waals surface area contributed by atoms with Gasteiger partial charge in [0.2, 0.25) is 0 Å². The lowest BCUT2D eigenvalue weighted by molar-refractivity contribution is 1.24. The molecule has 0 spiro atoms. The average molecular weight is 146 g/mol. The zero-order valence-corrected chi connectivity index (χ0v) is 6.68. The van der Waals surface area contributed by atoms with E-state index >= 15 is 0 Å². The van der Waals surface area contributed by atoms with Crippen molar-refractivity contribution in [1.82, 2.24) is 9.97 Å². The van der Waals surface area contributed by atoms with Crippen molar-refractivity contribution in [2.45, 2.75) is 13.8 Å². The summed E-state index contributed by atoms with van der Waals surface area (Å²) in [5, 5.41) is 1.20. The van der Waals surface area contributed by atoms with E-state index in [4.69, 9.17) is 0 Å². The number of H-pyrrole nitrogens is 1. The van der Waals surface area contributed by atoms with Gasteiger partial charge in [0.05, 0.1) is 0 Å². The van der Waals surface area contributed by atoms with Crippen LogP contribution in [0, 0.1) is 13.8 Å². The molecule has 2 nitrogen and oxygen atoms in total. The van der Waals surface area contributed by atoms with Crippen molar-refractivity contribution < 1.29 is 0 Å². The Morgan fingerprint density at radius 3 is 2.91 bits per heavy atom. The van der Waals surface area contributed by atoms with Crippen LogP contribution in [0.4, 0.5) is 0 Å². The summed E-state index contributed by atoms with van der Waals surface area (Å²) < 4.78 is 0. The molecule has 2 aromatic rings. The number of rotatable bonds is 0. The van der Waals surface area contributed by atoms with E-state index in [1.165, 1.54) is 10.9 Å². The molecule has 0 amide bonds. The highest BCUT2D eigenvalue weighted by Gasteiger charge is 1.96. The van der Waals surface area contributed by atoms with Gasteiger partial charge in [0.1, 0.15) is 5.65 Å². The molecule has 2 rings (SSSR count). The molecule has 56 valence electrons. The van der Waals surface area contributed by atoms with E-state index in [1.807, 2.05) is 13.1 Å². The highest BCUT2D eigenvalue weighted by Crippen LogP contribution is 2.12. The predicted octanol–water partition coefficient (Wildman–Crippen LogP) is 2.18. The first kappa shape index (κ1) is 6.40. The van der Waals surface area contributed by atoms with Crippen LogP contribution < -0.4 is 0 Å². The number of fused-ring (bicyclic) bond motifs is 1. The van der Waals surface area contributed by atoms with Crippen LogP contribution in [-0.2, 0) is 0 Å². The summed E-state index contributed by atoms with van der Waals surface area (Å²) in [6.45, 7) is 4.09. The van der Waals surface area contributed by atoms with Gasteiger partial charge in [0.15, 0.2) is 0 Å². The molecule has 0 bridgehead atoms. The summed E-state index contributed by atoms with van der Waals surface area (Å²) in [6, 6.07) is 4.24. The molecular weight excluding hydrogens is 136 g/mol. The van der Waals surface area contributed by atoms with E-state index < -0.39 is 0 Å². The van der Waals surface area contributed by atoms with Crippen LogP contribution in [-0.4, -0.2) is 9.97 Å². The molecule has 0 aromatic carbocycles. The Hall–Kier alpha value is -1.31. The average Bonchev–Trinajstić information content (AvgIpc) is 2.27. The third kappa shape index (κ3) is 1.00. The molecule has 0 fully saturated rings. The van der Waals surface area contributed by atoms with Gasteiger partial charge in [-0.1, -0.05) is 0 Å². The molecule has 1 N–H and O–H groups in total. The normalized spacial score (nSPS) is 10.7. The molecule has 2 aromatic heterocycles. The number of nitrogens with zero attached hydrogens (tertiary/aromatic N) is 1. The standard InChI is InChI=1S/C9H10N2/c1-6-3-8-4-7(2)11-9(8)10-5-6/h3-5H,1-2H3,(H,10,11). The SMILES string of the molecule is Cc1cnc2[nH]c(C)cc2c1. The molecule has 2 heteroatoms. The van der Waals surface area contributed by atoms with Crippen LogP contribution in [0.5, 0.6) is 0 Å². The molecule has 11 heavy (non-hydrogen) atoms. The molecule has 0 saturated carbocycles. The lowest BCUT2D eigenvalue weighted by atomic mass is 10.2. The van der Waals surface area contributed by atoms with E-state index in [2.05, 4.69) is 29.0 Å². The van der Waals surface area contributed by atoms with Gasteiger partial charge in [-0.25, -0.2) is 4.98 Å². The molecule has 0 aliphatic heterocycles. The van der Waals surface area contributed by atoms with E-state index in [9.17, 15) is 0 Å². The molecule has 0 aliphatic rings. The molecular formula is C9H10N2. The third-order valence-corrected chi connectivity index (χ3v) is 1.74. The summed E-state index contributed by atoms with van der Waals surface area (Å²) in [7, 11) is 0. The van der Waals surface area contributed by atoms with Crippen molar-refractivity contribution in [1.29, 1.82) is 0 Å². The number of hydrogen-bond acceptors (Lipinski definition) is 1. The minimum atomic E-state index is 0.980. The zero-order valence-electron chi connectivity index (χ0n) is 6.68. The van der Waals surface area contributed by atoms with E-state index in [-0.39, 0.29) is 0 Å². The van der Waals surface area contributed by atoms with Crippen molar-refractivity contribution >= 4 is 11.0 Å². The minimum Gasteiger partial charge on any atom is -0.344 e. The maximum Gasteiger partial charge on any atom is 0.137 e. The molecule has 0 atom stereocenters. The second kappa shape index (κ2) is 2.09. The van der Waals surface area contributed by atoms with Crippen molar-refractivity contribution in [3.8, 4) is 0 Å². The van der Waals surface area contributed by atoms with Crippen LogP contribution in [0.1, 0.15) is 11.3 Å². The fourth-order valence-corrected chi connectivity index (χ4v) is 1.26. The van der Waals surface area contributed by atoms with Crippen LogP contribution in [0.3, 0.4) is 0 Å². The lowest BCUT2D eigenvalue weighted by Gasteiger charge is -1.89. The molecule has 0 unspecified atom stereocenters. The third-order valence-electron chi connectivity index (χ3n) is 1.74. The van der Waals surface area contributed by atoms with Crippen LogP contribution >= 0.6 is 0 Å². The van der Waals surface area contributed by atoms with Gasteiger partial charge in [-0.3, -0.25) is 0 Å². The number of hydrogen-bond donors (Lipinski definition) is 1. The molecule has 0 radical (unpaired) electrons. The quantitative estimate of drug-likeness (QED) is 0.606. The Bertz CT molecular complexity index is 387. The number of aromatic amines is 1. The Morgan fingerprint density at radius 2 is 2.09 bits per heavy atom. The highest BCUT2D eigenvalue weighted by atomic mass is 14.8. The van der Waals surface area contributed by atoms with E-state index in [1.54, 1.807) is 0 Å². The van der Waals surface area contributed by atoms with Crippen molar-refractivity contribution in [3.05, 3.63) is 29.6 Å². The van der Waals surface area contributed by atoms with Crippen LogP contribution in [0.15, 0.2) is 18.3 Å². The van der Waals surface area contributed by atoms with Crippen molar-refractivity contribution in [2.75, 3.05) is 0 Å². The summed E-state index contributed by atoms with van der Waals surface area (Å²) in [5.41, 5.74) is 3.35. The Morgan fingerprint density at radius 1 is 1.27 bits per heavy atom. The van der Waals surface area contributed by atoms with Gasteiger partial charge in [-0.05, 0) is 31.5 Å². The minimum absolute atomic E-state index is 0.980. The summed E-state index contributed by atoms with van der Waals surface area (Å²) in [4.78, 5) is 7.42. The molecule has 0 saturated heterocycles. The van der Waals surface area contributed by atoms with Gasteiger partial charge in [-0.15, -0.1) is 0 Å². The van der Waals surface area contributed by atoms with Gasteiger partial charge < -0.3 is 4.98 Å². The number of aromatic nitrogens is 2. The maximum absolute atomic E-state index is 4.25. The van der Waals surface area contributed by atoms with Gasteiger partial charge in [0.25, 0.3) is 0 Å². The Labute approximate surface area is 65.3 Å². The Balaban J connectivity index is 2.82. The Kier molecular flexibility index (Phi) is 1.22. The van der Waals surface area contributed by atoms with Crippen LogP contribution in [0.2, 0.25) is 0 Å². The van der Waals surface area contributed by atoms with Gasteiger partial charge >= 0.3 is 0 Å². The second-order valence-electron chi connectivity index (χ2n) is 2.90. The largest absolute Gasteiger partial charge is 0.344 e. The molecule has 0 aliphatic carbocycles. The first-order valence-electron chi connectivity index (χ1n) is 3.68. The van der Waals surface area contributed by atoms with Crippen molar-refractivity contribution in [3.63, 3.8) is 0 Å². The van der Waals surface area contributed by atoms with Gasteiger partial charge in [-0.2, -0.15) is 0 Å². The summed E-state index contributed by atoms with van der Waals surface area (Å²) in [6.07, 6.45) is 1.87. The highest BCUT2D eigenvalue weighted by molar-refractivity contribution is 5.76. The first-order valence-corrected chi connectivity index (χ1v) is 3.68. The second-order valence-corrected chi connectivity index (χ2v) is 2.90. The zero-order chi connectivity index (χ0) is 7.84. The predicted molar refractivity (Wildman–Crippen MR) is 45.6 cm³/mol. The summed E-state index contributed by atoms with van der Waals surface area (Å²) in [5.74, 6) is 0. The molecule has 2 heterocycles. The first-order chi connectivity index (χ1) is 5.25. The number of nitrogens with one attached hydrogen (secondary N) is 1. The van der Waals surface area contributed by atoms with Crippen LogP contribution in [0.25, 0.3) is 11.0 Å². The number of aryl methyl sites for hydroxylation is 2. The maximum atomic E-state index is 4.25. The smallest absolute Gasteiger partial charge is 0.137 e. The van der Waals surface area contributed by atoms with Gasteiger partial charge in [0, 0.05) is 17.3 Å². The number of pyridine rings is 1. The topological polar surface area (TPSA) is 28.7 Å². The fourth-order valence-electron chi connectivity index (χ4n) is 1.26. The summed E-state index contributed by atoms with van der Waals surface area (Å²) >= 11 is 0. The fraction of sp³-hybridized carbons (Fsp3) is 0.222. The van der Waals surface area contributed by atoms with E-state index in [0.717, 1.165) is 11.3 Å². The van der Waals surface area contributed by atoms with Crippen molar-refractivity contribution in [2.24, 2.45) is 0 Å². The monoisotopic (exact) mass is 146 g/mol. The lowest BCUT2D eigenvalue weighted by Crippen LogP contribution is -1.77. The van der Waals surface area contributed by atoms with E-state index in [0.29, 0.717) is 0 Å².